The molecule has 0 saturated carbocycles. The summed E-state index contributed by atoms with van der Waals surface area (Å²) >= 11 is 0. The summed E-state index contributed by atoms with van der Waals surface area (Å²) in [6.07, 6.45) is 2.33. The molecule has 1 unspecified atom stereocenters. The zero-order valence-electron chi connectivity index (χ0n) is 13.1. The van der Waals surface area contributed by atoms with Gasteiger partial charge >= 0.3 is 16.3 Å². The second kappa shape index (κ2) is 8.55. The lowest BCUT2D eigenvalue weighted by Gasteiger charge is -2.34. The zero-order valence-corrected chi connectivity index (χ0v) is 13.9. The minimum absolute atomic E-state index is 0.116. The van der Waals surface area contributed by atoms with Crippen molar-refractivity contribution in [3.63, 3.8) is 0 Å². The molecule has 0 aliphatic carbocycles. The SMILES string of the molecule is CCCNCC1CCCCN1S(=O)(=O)NC(=O)OC(C)C. The van der Waals surface area contributed by atoms with Crippen LogP contribution in [-0.2, 0) is 14.9 Å². The molecule has 1 aliphatic heterocycles. The molecular formula is C13H27N3O4S. The van der Waals surface area contributed by atoms with E-state index in [-0.39, 0.29) is 12.1 Å². The van der Waals surface area contributed by atoms with Crippen LogP contribution in [0.5, 0.6) is 0 Å². The number of piperidine rings is 1. The van der Waals surface area contributed by atoms with Crippen molar-refractivity contribution in [2.24, 2.45) is 0 Å². The first-order chi connectivity index (χ1) is 9.86. The van der Waals surface area contributed by atoms with Crippen molar-refractivity contribution < 1.29 is 17.9 Å². The van der Waals surface area contributed by atoms with Gasteiger partial charge in [0, 0.05) is 19.1 Å². The molecule has 1 rings (SSSR count). The number of carbonyl (C=O) groups is 1. The van der Waals surface area contributed by atoms with E-state index in [4.69, 9.17) is 4.74 Å². The van der Waals surface area contributed by atoms with Gasteiger partial charge in [-0.3, -0.25) is 0 Å². The van der Waals surface area contributed by atoms with Crippen LogP contribution in [0.3, 0.4) is 0 Å². The first-order valence-corrected chi connectivity index (χ1v) is 9.01. The van der Waals surface area contributed by atoms with Gasteiger partial charge in [-0.05, 0) is 39.7 Å². The average molecular weight is 321 g/mol. The van der Waals surface area contributed by atoms with Crippen LogP contribution in [0.15, 0.2) is 0 Å². The Hall–Kier alpha value is -0.860. The molecule has 0 aromatic heterocycles. The maximum atomic E-state index is 12.3. The predicted molar refractivity (Wildman–Crippen MR) is 81.2 cm³/mol. The van der Waals surface area contributed by atoms with Crippen molar-refractivity contribution in [3.8, 4) is 0 Å². The van der Waals surface area contributed by atoms with Gasteiger partial charge in [0.15, 0.2) is 0 Å². The lowest BCUT2D eigenvalue weighted by molar-refractivity contribution is 0.120. The molecule has 0 aromatic rings. The Labute approximate surface area is 127 Å². The first kappa shape index (κ1) is 18.2. The van der Waals surface area contributed by atoms with E-state index in [0.717, 1.165) is 32.2 Å². The molecule has 7 nitrogen and oxygen atoms in total. The highest BCUT2D eigenvalue weighted by Gasteiger charge is 2.33. The second-order valence-corrected chi connectivity index (χ2v) is 7.15. The molecule has 1 atom stereocenters. The summed E-state index contributed by atoms with van der Waals surface area (Å²) in [6.45, 7) is 7.30. The molecule has 1 amide bonds. The first-order valence-electron chi connectivity index (χ1n) is 7.57. The quantitative estimate of drug-likeness (QED) is 0.688. The highest BCUT2D eigenvalue weighted by atomic mass is 32.2. The molecule has 2 N–H and O–H groups in total. The summed E-state index contributed by atoms with van der Waals surface area (Å²) in [5, 5.41) is 3.24. The molecule has 1 saturated heterocycles. The van der Waals surface area contributed by atoms with Crippen molar-refractivity contribution in [1.82, 2.24) is 14.3 Å². The predicted octanol–water partition coefficient (Wildman–Crippen LogP) is 1.22. The fraction of sp³-hybridized carbons (Fsp3) is 0.923. The Kier molecular flexibility index (Phi) is 7.41. The summed E-state index contributed by atoms with van der Waals surface area (Å²) in [5.41, 5.74) is 0. The van der Waals surface area contributed by atoms with Crippen molar-refractivity contribution in [1.29, 1.82) is 0 Å². The number of nitrogens with zero attached hydrogens (tertiary/aromatic N) is 1. The van der Waals surface area contributed by atoms with E-state index in [1.807, 2.05) is 4.72 Å². The lowest BCUT2D eigenvalue weighted by atomic mass is 10.1. The third-order valence-corrected chi connectivity index (χ3v) is 4.77. The minimum Gasteiger partial charge on any atom is -0.446 e. The monoisotopic (exact) mass is 321 g/mol. The van der Waals surface area contributed by atoms with Gasteiger partial charge in [-0.15, -0.1) is 0 Å². The molecule has 21 heavy (non-hydrogen) atoms. The molecule has 0 aromatic carbocycles. The number of ether oxygens (including phenoxy) is 1. The van der Waals surface area contributed by atoms with E-state index in [2.05, 4.69) is 12.2 Å². The maximum absolute atomic E-state index is 12.3. The fourth-order valence-corrected chi connectivity index (χ4v) is 3.66. The van der Waals surface area contributed by atoms with Crippen molar-refractivity contribution in [3.05, 3.63) is 0 Å². The largest absolute Gasteiger partial charge is 0.446 e. The normalized spacial score (nSPS) is 20.5. The second-order valence-electron chi connectivity index (χ2n) is 5.53. The molecular weight excluding hydrogens is 294 g/mol. The van der Waals surface area contributed by atoms with Crippen molar-refractivity contribution >= 4 is 16.3 Å². The minimum atomic E-state index is -3.85. The Morgan fingerprint density at radius 3 is 2.71 bits per heavy atom. The van der Waals surface area contributed by atoms with E-state index >= 15 is 0 Å². The molecule has 1 heterocycles. The van der Waals surface area contributed by atoms with Gasteiger partial charge in [-0.1, -0.05) is 13.3 Å². The van der Waals surface area contributed by atoms with Crippen LogP contribution in [-0.4, -0.2) is 50.6 Å². The standard InChI is InChI=1S/C13H27N3O4S/c1-4-8-14-10-12-7-5-6-9-16(12)21(18,19)15-13(17)20-11(2)3/h11-12,14H,4-10H2,1-3H3,(H,15,17). The van der Waals surface area contributed by atoms with Crippen LogP contribution in [0.25, 0.3) is 0 Å². The molecule has 1 fully saturated rings. The molecule has 0 spiro atoms. The van der Waals surface area contributed by atoms with Gasteiger partial charge in [-0.2, -0.15) is 12.7 Å². The van der Waals surface area contributed by atoms with Gasteiger partial charge in [-0.25, -0.2) is 9.52 Å². The number of amides is 1. The van der Waals surface area contributed by atoms with Crippen LogP contribution >= 0.6 is 0 Å². The number of nitrogens with one attached hydrogen (secondary N) is 2. The highest BCUT2D eigenvalue weighted by Crippen LogP contribution is 2.19. The van der Waals surface area contributed by atoms with Gasteiger partial charge in [0.1, 0.15) is 0 Å². The summed E-state index contributed by atoms with van der Waals surface area (Å²) in [7, 11) is -3.85. The summed E-state index contributed by atoms with van der Waals surface area (Å²) in [4.78, 5) is 11.5. The average Bonchev–Trinajstić information content (AvgIpc) is 2.37. The summed E-state index contributed by atoms with van der Waals surface area (Å²) < 4.78 is 32.8. The van der Waals surface area contributed by atoms with Gasteiger partial charge < -0.3 is 10.1 Å². The molecule has 1 aliphatic rings. The lowest BCUT2D eigenvalue weighted by Crippen LogP contribution is -2.53. The molecule has 0 radical (unpaired) electrons. The maximum Gasteiger partial charge on any atom is 0.422 e. The molecule has 0 bridgehead atoms. The van der Waals surface area contributed by atoms with E-state index in [1.165, 1.54) is 4.31 Å². The smallest absolute Gasteiger partial charge is 0.422 e. The van der Waals surface area contributed by atoms with Crippen LogP contribution in [0.4, 0.5) is 4.79 Å². The highest BCUT2D eigenvalue weighted by molar-refractivity contribution is 7.87. The number of hydrogen-bond donors (Lipinski definition) is 2. The third kappa shape index (κ3) is 6.19. The van der Waals surface area contributed by atoms with Crippen LogP contribution < -0.4 is 10.0 Å². The number of carbonyl (C=O) groups excluding carboxylic acids is 1. The van der Waals surface area contributed by atoms with Crippen molar-refractivity contribution in [2.75, 3.05) is 19.6 Å². The van der Waals surface area contributed by atoms with Crippen LogP contribution in [0.1, 0.15) is 46.5 Å². The van der Waals surface area contributed by atoms with Crippen molar-refractivity contribution in [2.45, 2.75) is 58.6 Å². The Bertz CT molecular complexity index is 425. The Morgan fingerprint density at radius 2 is 2.10 bits per heavy atom. The number of rotatable bonds is 7. The summed E-state index contributed by atoms with van der Waals surface area (Å²) in [5.74, 6) is 0. The van der Waals surface area contributed by atoms with E-state index in [0.29, 0.717) is 13.1 Å². The summed E-state index contributed by atoms with van der Waals surface area (Å²) in [6, 6.07) is -0.116. The fourth-order valence-electron chi connectivity index (χ4n) is 2.34. The third-order valence-electron chi connectivity index (χ3n) is 3.24. The van der Waals surface area contributed by atoms with Gasteiger partial charge in [0.25, 0.3) is 0 Å². The molecule has 124 valence electrons. The van der Waals surface area contributed by atoms with E-state index in [9.17, 15) is 13.2 Å². The van der Waals surface area contributed by atoms with Gasteiger partial charge in [0.05, 0.1) is 6.10 Å². The van der Waals surface area contributed by atoms with Crippen LogP contribution in [0.2, 0.25) is 0 Å². The molecule has 8 heteroatoms. The van der Waals surface area contributed by atoms with Gasteiger partial charge in [0.2, 0.25) is 0 Å². The zero-order chi connectivity index (χ0) is 15.9. The van der Waals surface area contributed by atoms with E-state index < -0.39 is 16.3 Å². The number of hydrogen-bond acceptors (Lipinski definition) is 5. The topological polar surface area (TPSA) is 87.7 Å². The Balaban J connectivity index is 2.66. The van der Waals surface area contributed by atoms with E-state index in [1.54, 1.807) is 13.8 Å². The Morgan fingerprint density at radius 1 is 1.38 bits per heavy atom. The van der Waals surface area contributed by atoms with Crippen LogP contribution in [0, 0.1) is 0 Å².